The zero-order valence-electron chi connectivity index (χ0n) is 8.78. The standard InChI is InChI=1S/C8H11N3.C2H6/c1-4-9-5-8-10-7(2)6-11(8)3;1-2/h4-6H,1H2,2-3H3;1-2H3. The Morgan fingerprint density at radius 2 is 2.15 bits per heavy atom. The number of aromatic nitrogens is 2. The first-order valence-electron chi connectivity index (χ1n) is 4.38. The summed E-state index contributed by atoms with van der Waals surface area (Å²) in [6.07, 6.45) is 5.12. The lowest BCUT2D eigenvalue weighted by atomic mass is 10.6. The van der Waals surface area contributed by atoms with Crippen LogP contribution in [0.4, 0.5) is 0 Å². The van der Waals surface area contributed by atoms with E-state index in [-0.39, 0.29) is 0 Å². The molecule has 72 valence electrons. The predicted molar refractivity (Wildman–Crippen MR) is 57.1 cm³/mol. The molecular weight excluding hydrogens is 162 g/mol. The fourth-order valence-electron chi connectivity index (χ4n) is 0.874. The van der Waals surface area contributed by atoms with Crippen LogP contribution in [0.25, 0.3) is 0 Å². The number of hydrogen-bond donors (Lipinski definition) is 0. The van der Waals surface area contributed by atoms with E-state index in [1.54, 1.807) is 6.21 Å². The lowest BCUT2D eigenvalue weighted by Crippen LogP contribution is -1.93. The Kier molecular flexibility index (Phi) is 5.52. The maximum absolute atomic E-state index is 4.21. The summed E-state index contributed by atoms with van der Waals surface area (Å²) in [6.45, 7) is 9.43. The van der Waals surface area contributed by atoms with Crippen LogP contribution in [-0.4, -0.2) is 15.8 Å². The van der Waals surface area contributed by atoms with Crippen molar-refractivity contribution in [2.24, 2.45) is 12.0 Å². The van der Waals surface area contributed by atoms with Gasteiger partial charge in [0.25, 0.3) is 0 Å². The molecule has 0 saturated carbocycles. The van der Waals surface area contributed by atoms with Gasteiger partial charge in [0.2, 0.25) is 0 Å². The molecule has 1 heterocycles. The van der Waals surface area contributed by atoms with Gasteiger partial charge < -0.3 is 4.57 Å². The number of imidazole rings is 1. The van der Waals surface area contributed by atoms with Gasteiger partial charge in [0.15, 0.2) is 5.82 Å². The van der Waals surface area contributed by atoms with Crippen LogP contribution in [0.3, 0.4) is 0 Å². The van der Waals surface area contributed by atoms with E-state index in [0.29, 0.717) is 0 Å². The Balaban J connectivity index is 0.000000671. The molecule has 1 rings (SSSR count). The molecule has 0 radical (unpaired) electrons. The number of hydrogen-bond acceptors (Lipinski definition) is 2. The predicted octanol–water partition coefficient (Wildman–Crippen LogP) is 2.32. The van der Waals surface area contributed by atoms with E-state index >= 15 is 0 Å². The Bertz CT molecular complexity index is 284. The van der Waals surface area contributed by atoms with Crippen LogP contribution < -0.4 is 0 Å². The summed E-state index contributed by atoms with van der Waals surface area (Å²) in [7, 11) is 1.93. The van der Waals surface area contributed by atoms with Crippen LogP contribution in [0.15, 0.2) is 24.0 Å². The molecule has 0 unspecified atom stereocenters. The van der Waals surface area contributed by atoms with Crippen LogP contribution in [0.1, 0.15) is 25.4 Å². The van der Waals surface area contributed by atoms with Gasteiger partial charge in [-0.15, -0.1) is 0 Å². The Hall–Kier alpha value is -1.38. The van der Waals surface area contributed by atoms with E-state index in [1.807, 2.05) is 38.6 Å². The highest BCUT2D eigenvalue weighted by Gasteiger charge is 1.96. The van der Waals surface area contributed by atoms with Crippen molar-refractivity contribution in [2.45, 2.75) is 20.8 Å². The van der Waals surface area contributed by atoms with Crippen molar-refractivity contribution in [2.75, 3.05) is 0 Å². The SMILES string of the molecule is C=CN=Cc1nc(C)cn1C.CC. The molecule has 0 N–H and O–H groups in total. The van der Waals surface area contributed by atoms with E-state index < -0.39 is 0 Å². The maximum atomic E-state index is 4.21. The largest absolute Gasteiger partial charge is 0.333 e. The van der Waals surface area contributed by atoms with Gasteiger partial charge in [0.05, 0.1) is 11.9 Å². The van der Waals surface area contributed by atoms with E-state index in [2.05, 4.69) is 16.6 Å². The number of aryl methyl sites for hydroxylation is 2. The summed E-state index contributed by atoms with van der Waals surface area (Å²) in [6, 6.07) is 0. The monoisotopic (exact) mass is 179 g/mol. The molecule has 0 aliphatic rings. The molecule has 0 bridgehead atoms. The highest BCUT2D eigenvalue weighted by atomic mass is 15.0. The minimum atomic E-state index is 0.849. The second kappa shape index (κ2) is 6.17. The van der Waals surface area contributed by atoms with E-state index in [1.165, 1.54) is 6.20 Å². The third-order valence-corrected chi connectivity index (χ3v) is 1.33. The molecule has 1 aromatic heterocycles. The Morgan fingerprint density at radius 3 is 2.54 bits per heavy atom. The Labute approximate surface area is 79.8 Å². The molecule has 0 aromatic carbocycles. The zero-order valence-corrected chi connectivity index (χ0v) is 8.78. The maximum Gasteiger partial charge on any atom is 0.151 e. The summed E-state index contributed by atoms with van der Waals surface area (Å²) in [5, 5.41) is 0. The number of nitrogens with zero attached hydrogens (tertiary/aromatic N) is 3. The number of rotatable bonds is 2. The highest BCUT2D eigenvalue weighted by Crippen LogP contribution is 1.96. The van der Waals surface area contributed by atoms with Gasteiger partial charge in [-0.3, -0.25) is 4.99 Å². The van der Waals surface area contributed by atoms with E-state index in [9.17, 15) is 0 Å². The molecule has 0 atom stereocenters. The van der Waals surface area contributed by atoms with Crippen molar-refractivity contribution < 1.29 is 0 Å². The summed E-state index contributed by atoms with van der Waals surface area (Å²) in [5.74, 6) is 0.849. The summed E-state index contributed by atoms with van der Waals surface area (Å²) >= 11 is 0. The first kappa shape index (κ1) is 11.6. The first-order valence-corrected chi connectivity index (χ1v) is 4.38. The van der Waals surface area contributed by atoms with Gasteiger partial charge in [-0.1, -0.05) is 20.4 Å². The molecule has 3 nitrogen and oxygen atoms in total. The number of aliphatic imine (C=N–C) groups is 1. The molecular formula is C10H17N3. The topological polar surface area (TPSA) is 30.2 Å². The molecule has 3 heteroatoms. The average Bonchev–Trinajstić information content (AvgIpc) is 2.45. The molecule has 0 spiro atoms. The lowest BCUT2D eigenvalue weighted by molar-refractivity contribution is 0.901. The van der Waals surface area contributed by atoms with Crippen LogP contribution in [0.2, 0.25) is 0 Å². The first-order chi connectivity index (χ1) is 6.24. The van der Waals surface area contributed by atoms with Crippen LogP contribution >= 0.6 is 0 Å². The third-order valence-electron chi connectivity index (χ3n) is 1.33. The van der Waals surface area contributed by atoms with Crippen molar-refractivity contribution in [1.82, 2.24) is 9.55 Å². The molecule has 0 saturated heterocycles. The van der Waals surface area contributed by atoms with Crippen LogP contribution in [-0.2, 0) is 7.05 Å². The van der Waals surface area contributed by atoms with Crippen LogP contribution in [0.5, 0.6) is 0 Å². The second-order valence-electron chi connectivity index (χ2n) is 2.31. The summed E-state index contributed by atoms with van der Waals surface area (Å²) in [4.78, 5) is 8.09. The van der Waals surface area contributed by atoms with Crippen molar-refractivity contribution in [3.8, 4) is 0 Å². The third kappa shape index (κ3) is 3.69. The smallest absolute Gasteiger partial charge is 0.151 e. The molecule has 0 aliphatic heterocycles. The molecule has 0 amide bonds. The van der Waals surface area contributed by atoms with Crippen molar-refractivity contribution in [1.29, 1.82) is 0 Å². The molecule has 13 heavy (non-hydrogen) atoms. The Morgan fingerprint density at radius 1 is 1.54 bits per heavy atom. The van der Waals surface area contributed by atoms with Crippen molar-refractivity contribution >= 4 is 6.21 Å². The zero-order chi connectivity index (χ0) is 10.3. The highest BCUT2D eigenvalue weighted by molar-refractivity contribution is 5.75. The molecule has 0 aliphatic carbocycles. The minimum Gasteiger partial charge on any atom is -0.333 e. The fraction of sp³-hybridized carbons (Fsp3) is 0.400. The van der Waals surface area contributed by atoms with Gasteiger partial charge in [0, 0.05) is 19.4 Å². The van der Waals surface area contributed by atoms with Gasteiger partial charge >= 0.3 is 0 Å². The second-order valence-corrected chi connectivity index (χ2v) is 2.31. The van der Waals surface area contributed by atoms with E-state index in [0.717, 1.165) is 11.5 Å². The quantitative estimate of drug-likeness (QED) is 0.641. The summed E-state index contributed by atoms with van der Waals surface area (Å²) < 4.78 is 1.92. The summed E-state index contributed by atoms with van der Waals surface area (Å²) in [5.41, 5.74) is 0.998. The average molecular weight is 179 g/mol. The molecule has 1 aromatic rings. The van der Waals surface area contributed by atoms with Crippen molar-refractivity contribution in [3.63, 3.8) is 0 Å². The van der Waals surface area contributed by atoms with Crippen molar-refractivity contribution in [3.05, 3.63) is 30.5 Å². The van der Waals surface area contributed by atoms with Crippen LogP contribution in [0, 0.1) is 6.92 Å². The van der Waals surface area contributed by atoms with Gasteiger partial charge in [0.1, 0.15) is 0 Å². The van der Waals surface area contributed by atoms with Gasteiger partial charge in [-0.25, -0.2) is 4.98 Å². The van der Waals surface area contributed by atoms with E-state index in [4.69, 9.17) is 0 Å². The fourth-order valence-corrected chi connectivity index (χ4v) is 0.874. The lowest BCUT2D eigenvalue weighted by Gasteiger charge is -1.89. The normalized spacial score (nSPS) is 9.54. The van der Waals surface area contributed by atoms with Gasteiger partial charge in [-0.05, 0) is 6.92 Å². The molecule has 0 fully saturated rings. The minimum absolute atomic E-state index is 0.849. The van der Waals surface area contributed by atoms with Gasteiger partial charge in [-0.2, -0.15) is 0 Å².